The molecule has 1 aliphatic rings. The van der Waals surface area contributed by atoms with E-state index in [4.69, 9.17) is 13.9 Å². The number of methoxy groups -OCH3 is 2. The minimum absolute atomic E-state index is 0.0601. The van der Waals surface area contributed by atoms with Crippen LogP contribution in [0.5, 0.6) is 11.5 Å². The summed E-state index contributed by atoms with van der Waals surface area (Å²) in [6.45, 7) is 0. The molecule has 0 bridgehead atoms. The summed E-state index contributed by atoms with van der Waals surface area (Å²) >= 11 is 0. The quantitative estimate of drug-likeness (QED) is 0.231. The van der Waals surface area contributed by atoms with Gasteiger partial charge in [0.2, 0.25) is 0 Å². The largest absolute Gasteiger partial charge is 0.496 e. The third-order valence-corrected chi connectivity index (χ3v) is 7.34. The normalized spacial score (nSPS) is 12.7. The van der Waals surface area contributed by atoms with E-state index in [-0.39, 0.29) is 23.7 Å². The first-order valence-corrected chi connectivity index (χ1v) is 13.5. The summed E-state index contributed by atoms with van der Waals surface area (Å²) in [6.07, 6.45) is 3.45. The number of furan rings is 1. The van der Waals surface area contributed by atoms with Crippen LogP contribution in [0.15, 0.2) is 83.4 Å². The Morgan fingerprint density at radius 1 is 0.952 bits per heavy atom. The van der Waals surface area contributed by atoms with Crippen LogP contribution in [0.25, 0.3) is 33.4 Å². The number of carbonyl (C=O) groups excluding carboxylic acids is 2. The third-order valence-electron chi connectivity index (χ3n) is 7.34. The fourth-order valence-electron chi connectivity index (χ4n) is 5.13. The maximum Gasteiger partial charge on any atom is 0.263 e. The molecule has 0 aliphatic heterocycles. The molecule has 9 heteroatoms. The molecule has 0 unspecified atom stereocenters. The Balaban J connectivity index is 1.50. The number of rotatable bonds is 8. The zero-order valence-corrected chi connectivity index (χ0v) is 23.3. The number of pyridine rings is 1. The molecule has 6 rings (SSSR count). The van der Waals surface area contributed by atoms with E-state index in [2.05, 4.69) is 10.3 Å². The van der Waals surface area contributed by atoms with E-state index < -0.39 is 0 Å². The van der Waals surface area contributed by atoms with Crippen LogP contribution in [0.3, 0.4) is 0 Å². The molecule has 1 fully saturated rings. The van der Waals surface area contributed by atoms with Crippen molar-refractivity contribution in [1.82, 2.24) is 10.3 Å². The second kappa shape index (κ2) is 11.0. The Bertz CT molecular complexity index is 1800. The topological polar surface area (TPSA) is 93.9 Å². The molecule has 8 nitrogen and oxygen atoms in total. The van der Waals surface area contributed by atoms with E-state index in [0.717, 1.165) is 12.8 Å². The first-order valence-electron chi connectivity index (χ1n) is 13.5. The van der Waals surface area contributed by atoms with Crippen molar-refractivity contribution >= 4 is 28.6 Å². The van der Waals surface area contributed by atoms with Crippen molar-refractivity contribution in [2.75, 3.05) is 26.2 Å². The zero-order valence-electron chi connectivity index (χ0n) is 23.3. The summed E-state index contributed by atoms with van der Waals surface area (Å²) in [5.74, 6) is 0.795. The van der Waals surface area contributed by atoms with E-state index in [1.54, 1.807) is 48.5 Å². The molecule has 42 heavy (non-hydrogen) atoms. The summed E-state index contributed by atoms with van der Waals surface area (Å²) in [6, 6.07) is 20.2. The molecule has 0 radical (unpaired) electrons. The highest BCUT2D eigenvalue weighted by Crippen LogP contribution is 2.42. The van der Waals surface area contributed by atoms with Gasteiger partial charge in [-0.05, 0) is 73.0 Å². The minimum Gasteiger partial charge on any atom is -0.496 e. The average Bonchev–Trinajstić information content (AvgIpc) is 3.79. The molecular formula is C33H28FN3O5. The number of fused-ring (bicyclic) bond motifs is 1. The molecule has 0 atom stereocenters. The Kier molecular flexibility index (Phi) is 7.08. The van der Waals surface area contributed by atoms with Crippen LogP contribution in [0.2, 0.25) is 0 Å². The Labute approximate surface area is 241 Å². The smallest absolute Gasteiger partial charge is 0.263 e. The van der Waals surface area contributed by atoms with Gasteiger partial charge in [0, 0.05) is 41.9 Å². The molecule has 5 aromatic rings. The van der Waals surface area contributed by atoms with Crippen molar-refractivity contribution in [3.05, 3.63) is 95.9 Å². The number of amides is 2. The van der Waals surface area contributed by atoms with Crippen molar-refractivity contribution in [3.63, 3.8) is 0 Å². The fraction of sp³-hybridized carbons (Fsp3) is 0.182. The van der Waals surface area contributed by atoms with Gasteiger partial charge in [-0.3, -0.25) is 14.5 Å². The molecule has 2 aromatic heterocycles. The molecule has 3 aromatic carbocycles. The van der Waals surface area contributed by atoms with Gasteiger partial charge in [-0.25, -0.2) is 9.37 Å². The Hall–Kier alpha value is -5.18. The highest BCUT2D eigenvalue weighted by Gasteiger charge is 2.36. The number of ether oxygens (including phenoxy) is 2. The molecular weight excluding hydrogens is 537 g/mol. The Morgan fingerprint density at radius 3 is 2.33 bits per heavy atom. The van der Waals surface area contributed by atoms with Gasteiger partial charge in [0.25, 0.3) is 11.8 Å². The summed E-state index contributed by atoms with van der Waals surface area (Å²) in [5.41, 5.74) is 3.06. The van der Waals surface area contributed by atoms with E-state index in [0.29, 0.717) is 61.9 Å². The fourth-order valence-corrected chi connectivity index (χ4v) is 5.13. The number of aromatic nitrogens is 1. The van der Waals surface area contributed by atoms with E-state index in [1.807, 2.05) is 30.3 Å². The minimum atomic E-state index is -0.390. The number of hydrogen-bond donors (Lipinski definition) is 1. The van der Waals surface area contributed by atoms with Crippen molar-refractivity contribution in [2.24, 2.45) is 0 Å². The number of hydrogen-bond acceptors (Lipinski definition) is 6. The molecule has 1 saturated carbocycles. The van der Waals surface area contributed by atoms with Gasteiger partial charge >= 0.3 is 0 Å². The summed E-state index contributed by atoms with van der Waals surface area (Å²) in [7, 11) is 4.60. The van der Waals surface area contributed by atoms with Gasteiger partial charge in [-0.1, -0.05) is 12.1 Å². The van der Waals surface area contributed by atoms with Gasteiger partial charge in [0.15, 0.2) is 0 Å². The summed E-state index contributed by atoms with van der Waals surface area (Å²) in [4.78, 5) is 33.3. The van der Waals surface area contributed by atoms with Crippen LogP contribution in [-0.2, 0) is 0 Å². The molecule has 1 aliphatic carbocycles. The van der Waals surface area contributed by atoms with Crippen LogP contribution in [0.1, 0.15) is 33.6 Å². The van der Waals surface area contributed by atoms with Crippen LogP contribution in [0.4, 0.5) is 10.2 Å². The zero-order chi connectivity index (χ0) is 29.4. The molecule has 2 amide bonds. The first kappa shape index (κ1) is 27.0. The van der Waals surface area contributed by atoms with Gasteiger partial charge in [-0.2, -0.15) is 0 Å². The van der Waals surface area contributed by atoms with Gasteiger partial charge in [0.1, 0.15) is 34.5 Å². The average molecular weight is 566 g/mol. The van der Waals surface area contributed by atoms with Crippen molar-refractivity contribution in [2.45, 2.75) is 18.9 Å². The predicted molar refractivity (Wildman–Crippen MR) is 158 cm³/mol. The van der Waals surface area contributed by atoms with E-state index in [1.165, 1.54) is 26.3 Å². The Morgan fingerprint density at radius 2 is 1.69 bits per heavy atom. The van der Waals surface area contributed by atoms with Crippen molar-refractivity contribution in [3.8, 4) is 33.9 Å². The lowest BCUT2D eigenvalue weighted by Crippen LogP contribution is -2.34. The van der Waals surface area contributed by atoms with E-state index >= 15 is 0 Å². The molecule has 212 valence electrons. The SMILES string of the molecule is CNC(=O)c1c(-c2ccc(F)cc2)oc2ccc(-c3cc(C(=O)N(c4ccccn4)C4CC4)c(OC)cc3OC)cc12. The van der Waals surface area contributed by atoms with Gasteiger partial charge in [-0.15, -0.1) is 0 Å². The van der Waals surface area contributed by atoms with Gasteiger partial charge < -0.3 is 19.2 Å². The van der Waals surface area contributed by atoms with Crippen LogP contribution in [-0.4, -0.2) is 44.1 Å². The second-order valence-corrected chi connectivity index (χ2v) is 9.95. The van der Waals surface area contributed by atoms with Crippen molar-refractivity contribution in [1.29, 1.82) is 0 Å². The lowest BCUT2D eigenvalue weighted by Gasteiger charge is -2.23. The number of anilines is 1. The number of nitrogens with zero attached hydrogens (tertiary/aromatic N) is 2. The highest BCUT2D eigenvalue weighted by atomic mass is 19.1. The van der Waals surface area contributed by atoms with Gasteiger partial charge in [0.05, 0.1) is 25.3 Å². The van der Waals surface area contributed by atoms with Crippen LogP contribution < -0.4 is 19.7 Å². The number of carbonyl (C=O) groups is 2. The predicted octanol–water partition coefficient (Wildman–Crippen LogP) is 6.49. The first-order chi connectivity index (χ1) is 20.4. The number of nitrogens with one attached hydrogen (secondary N) is 1. The molecule has 0 saturated heterocycles. The van der Waals surface area contributed by atoms with Crippen LogP contribution >= 0.6 is 0 Å². The van der Waals surface area contributed by atoms with E-state index in [9.17, 15) is 14.0 Å². The summed E-state index contributed by atoms with van der Waals surface area (Å²) < 4.78 is 31.1. The third kappa shape index (κ3) is 4.83. The monoisotopic (exact) mass is 565 g/mol. The molecule has 2 heterocycles. The maximum absolute atomic E-state index is 14.0. The second-order valence-electron chi connectivity index (χ2n) is 9.95. The number of halogens is 1. The summed E-state index contributed by atoms with van der Waals surface area (Å²) in [5, 5.41) is 3.24. The van der Waals surface area contributed by atoms with Crippen LogP contribution in [0, 0.1) is 5.82 Å². The molecule has 0 spiro atoms. The maximum atomic E-state index is 14.0. The highest BCUT2D eigenvalue weighted by molar-refractivity contribution is 6.12. The van der Waals surface area contributed by atoms with Crippen molar-refractivity contribution < 1.29 is 27.9 Å². The number of benzene rings is 3. The lowest BCUT2D eigenvalue weighted by molar-refractivity contribution is 0.0961. The standard InChI is InChI=1S/C33H28FN3O5/c1-35-32(38)30-24-16-20(9-14-26(24)42-31(30)19-7-10-21(34)11-8-19)23-17-25(28(41-3)18-27(23)40-2)33(39)37(22-12-13-22)29-6-4-5-15-36-29/h4-11,14-18,22H,12-13H2,1-3H3,(H,35,38). The lowest BCUT2D eigenvalue weighted by atomic mass is 9.97. The molecule has 1 N–H and O–H groups in total.